The molecule has 5 heteroatoms. The van der Waals surface area contributed by atoms with Crippen LogP contribution in [-0.4, -0.2) is 21.4 Å². The standard InChI is InChI=1S/C15H13NO4/c1-10-7-8-12(15(20)16(10)9-13(17)18)14(19)11-5-3-2-4-6-11/h2-8H,9H2,1H3,(H,17,18). The minimum absolute atomic E-state index is 0.0250. The van der Waals surface area contributed by atoms with Crippen LogP contribution in [0.4, 0.5) is 0 Å². The van der Waals surface area contributed by atoms with Gasteiger partial charge in [-0.2, -0.15) is 0 Å². The van der Waals surface area contributed by atoms with Crippen molar-refractivity contribution in [3.05, 3.63) is 69.6 Å². The summed E-state index contributed by atoms with van der Waals surface area (Å²) in [6.45, 7) is 1.17. The van der Waals surface area contributed by atoms with Gasteiger partial charge in [-0.25, -0.2) is 0 Å². The third-order valence-corrected chi connectivity index (χ3v) is 2.97. The average molecular weight is 271 g/mol. The van der Waals surface area contributed by atoms with E-state index in [9.17, 15) is 14.4 Å². The molecule has 1 aromatic carbocycles. The second kappa shape index (κ2) is 5.52. The summed E-state index contributed by atoms with van der Waals surface area (Å²) in [5.41, 5.74) is 0.293. The van der Waals surface area contributed by atoms with Crippen molar-refractivity contribution in [1.82, 2.24) is 4.57 Å². The number of carboxylic acids is 1. The van der Waals surface area contributed by atoms with E-state index < -0.39 is 23.9 Å². The maximum absolute atomic E-state index is 12.3. The van der Waals surface area contributed by atoms with Gasteiger partial charge in [-0.05, 0) is 19.1 Å². The van der Waals surface area contributed by atoms with Crippen LogP contribution in [0.25, 0.3) is 0 Å². The molecular formula is C15H13NO4. The number of carbonyl (C=O) groups excluding carboxylic acids is 1. The number of pyridine rings is 1. The number of aliphatic carboxylic acids is 1. The van der Waals surface area contributed by atoms with Crippen LogP contribution in [0.3, 0.4) is 0 Å². The van der Waals surface area contributed by atoms with Crippen LogP contribution in [0.1, 0.15) is 21.6 Å². The normalized spacial score (nSPS) is 10.2. The zero-order valence-corrected chi connectivity index (χ0v) is 10.9. The summed E-state index contributed by atoms with van der Waals surface area (Å²) in [7, 11) is 0. The highest BCUT2D eigenvalue weighted by molar-refractivity contribution is 6.08. The van der Waals surface area contributed by atoms with Gasteiger partial charge in [0.1, 0.15) is 6.54 Å². The summed E-state index contributed by atoms with van der Waals surface area (Å²) in [4.78, 5) is 35.3. The Morgan fingerprint density at radius 3 is 2.35 bits per heavy atom. The summed E-state index contributed by atoms with van der Waals surface area (Å²) in [6.07, 6.45) is 0. The molecule has 0 spiro atoms. The Labute approximate surface area is 115 Å². The number of aryl methyl sites for hydroxylation is 1. The molecule has 2 aromatic rings. The van der Waals surface area contributed by atoms with Crippen molar-refractivity contribution < 1.29 is 14.7 Å². The molecule has 1 heterocycles. The second-order valence-electron chi connectivity index (χ2n) is 4.37. The van der Waals surface area contributed by atoms with Crippen molar-refractivity contribution in [3.63, 3.8) is 0 Å². The monoisotopic (exact) mass is 271 g/mol. The lowest BCUT2D eigenvalue weighted by molar-refractivity contribution is -0.137. The van der Waals surface area contributed by atoms with E-state index in [0.29, 0.717) is 11.3 Å². The summed E-state index contributed by atoms with van der Waals surface area (Å²) in [5, 5.41) is 8.82. The summed E-state index contributed by atoms with van der Waals surface area (Å²) < 4.78 is 1.08. The van der Waals surface area contributed by atoms with Crippen molar-refractivity contribution in [2.75, 3.05) is 0 Å². The third-order valence-electron chi connectivity index (χ3n) is 2.97. The van der Waals surface area contributed by atoms with Gasteiger partial charge in [-0.1, -0.05) is 30.3 Å². The van der Waals surface area contributed by atoms with Crippen molar-refractivity contribution in [3.8, 4) is 0 Å². The first-order chi connectivity index (χ1) is 9.50. The summed E-state index contributed by atoms with van der Waals surface area (Å²) in [6, 6.07) is 11.4. The molecule has 0 fully saturated rings. The first kappa shape index (κ1) is 13.7. The Balaban J connectivity index is 2.51. The van der Waals surface area contributed by atoms with Crippen LogP contribution in [0.2, 0.25) is 0 Å². The van der Waals surface area contributed by atoms with E-state index in [-0.39, 0.29) is 5.56 Å². The molecule has 1 N–H and O–H groups in total. The van der Waals surface area contributed by atoms with Crippen LogP contribution in [0.15, 0.2) is 47.3 Å². The largest absolute Gasteiger partial charge is 0.480 e. The van der Waals surface area contributed by atoms with Crippen LogP contribution in [0.5, 0.6) is 0 Å². The van der Waals surface area contributed by atoms with Gasteiger partial charge in [0.05, 0.1) is 5.56 Å². The van der Waals surface area contributed by atoms with E-state index in [2.05, 4.69) is 0 Å². The fraction of sp³-hybridized carbons (Fsp3) is 0.133. The van der Waals surface area contributed by atoms with E-state index in [1.165, 1.54) is 6.07 Å². The second-order valence-corrected chi connectivity index (χ2v) is 4.37. The predicted molar refractivity (Wildman–Crippen MR) is 72.9 cm³/mol. The molecule has 102 valence electrons. The van der Waals surface area contributed by atoms with Gasteiger partial charge in [0.2, 0.25) is 0 Å². The van der Waals surface area contributed by atoms with E-state index in [4.69, 9.17) is 5.11 Å². The Hall–Kier alpha value is -2.69. The van der Waals surface area contributed by atoms with Gasteiger partial charge in [0.25, 0.3) is 5.56 Å². The quantitative estimate of drug-likeness (QED) is 0.854. The number of carboxylic acid groups (broad SMARTS) is 1. The molecule has 20 heavy (non-hydrogen) atoms. The number of hydrogen-bond donors (Lipinski definition) is 1. The number of ketones is 1. The number of carbonyl (C=O) groups is 2. The molecule has 0 bridgehead atoms. The molecule has 1 aromatic heterocycles. The molecule has 0 saturated carbocycles. The Morgan fingerprint density at radius 1 is 1.10 bits per heavy atom. The summed E-state index contributed by atoms with van der Waals surface area (Å²) >= 11 is 0. The number of aromatic nitrogens is 1. The smallest absolute Gasteiger partial charge is 0.323 e. The number of nitrogens with zero attached hydrogens (tertiary/aromatic N) is 1. The van der Waals surface area contributed by atoms with Crippen molar-refractivity contribution >= 4 is 11.8 Å². The van der Waals surface area contributed by atoms with Gasteiger partial charge in [0, 0.05) is 11.3 Å². The summed E-state index contributed by atoms with van der Waals surface area (Å²) in [5.74, 6) is -1.53. The van der Waals surface area contributed by atoms with Gasteiger partial charge in [0.15, 0.2) is 5.78 Å². The van der Waals surface area contributed by atoms with Crippen LogP contribution < -0.4 is 5.56 Å². The molecule has 0 unspecified atom stereocenters. The first-order valence-corrected chi connectivity index (χ1v) is 6.02. The highest BCUT2D eigenvalue weighted by Gasteiger charge is 2.16. The van der Waals surface area contributed by atoms with Crippen LogP contribution in [0, 0.1) is 6.92 Å². The molecule has 2 rings (SSSR count). The number of benzene rings is 1. The fourth-order valence-electron chi connectivity index (χ4n) is 1.92. The maximum Gasteiger partial charge on any atom is 0.323 e. The number of rotatable bonds is 4. The highest BCUT2D eigenvalue weighted by atomic mass is 16.4. The van der Waals surface area contributed by atoms with Gasteiger partial charge in [-0.15, -0.1) is 0 Å². The molecule has 0 aliphatic heterocycles. The van der Waals surface area contributed by atoms with E-state index in [0.717, 1.165) is 4.57 Å². The SMILES string of the molecule is Cc1ccc(C(=O)c2ccccc2)c(=O)n1CC(=O)O. The Bertz CT molecular complexity index is 716. The lowest BCUT2D eigenvalue weighted by Crippen LogP contribution is -2.30. The zero-order valence-electron chi connectivity index (χ0n) is 10.9. The minimum Gasteiger partial charge on any atom is -0.480 e. The third kappa shape index (κ3) is 2.66. The van der Waals surface area contributed by atoms with Gasteiger partial charge < -0.3 is 9.67 Å². The lowest BCUT2D eigenvalue weighted by atomic mass is 10.0. The molecular weight excluding hydrogens is 258 g/mol. The van der Waals surface area contributed by atoms with Crippen LogP contribution >= 0.6 is 0 Å². The topological polar surface area (TPSA) is 76.4 Å². The van der Waals surface area contributed by atoms with Crippen molar-refractivity contribution in [2.24, 2.45) is 0 Å². The average Bonchev–Trinajstić information content (AvgIpc) is 2.43. The molecule has 0 saturated heterocycles. The van der Waals surface area contributed by atoms with Gasteiger partial charge in [-0.3, -0.25) is 14.4 Å². The predicted octanol–water partition coefficient (Wildman–Crippen LogP) is 1.47. The van der Waals surface area contributed by atoms with E-state index >= 15 is 0 Å². The Morgan fingerprint density at radius 2 is 1.75 bits per heavy atom. The van der Waals surface area contributed by atoms with Gasteiger partial charge >= 0.3 is 5.97 Å². The lowest BCUT2D eigenvalue weighted by Gasteiger charge is -2.09. The molecule has 0 amide bonds. The van der Waals surface area contributed by atoms with Crippen LogP contribution in [-0.2, 0) is 11.3 Å². The molecule has 5 nitrogen and oxygen atoms in total. The highest BCUT2D eigenvalue weighted by Crippen LogP contribution is 2.07. The van der Waals surface area contributed by atoms with E-state index in [1.807, 2.05) is 0 Å². The molecule has 0 aliphatic rings. The molecule has 0 radical (unpaired) electrons. The fourth-order valence-corrected chi connectivity index (χ4v) is 1.92. The van der Waals surface area contributed by atoms with Crippen molar-refractivity contribution in [1.29, 1.82) is 0 Å². The first-order valence-electron chi connectivity index (χ1n) is 6.02. The minimum atomic E-state index is -1.13. The van der Waals surface area contributed by atoms with E-state index in [1.54, 1.807) is 43.3 Å². The number of hydrogen-bond acceptors (Lipinski definition) is 3. The molecule has 0 atom stereocenters. The maximum atomic E-state index is 12.3. The van der Waals surface area contributed by atoms with Crippen molar-refractivity contribution in [2.45, 2.75) is 13.5 Å². The Kier molecular flexibility index (Phi) is 3.79. The molecule has 0 aliphatic carbocycles. The zero-order chi connectivity index (χ0) is 14.7.